The second kappa shape index (κ2) is 15.2. The Morgan fingerprint density at radius 1 is 1.35 bits per heavy atom. The molecule has 2 atom stereocenters. The molecular formula is C30H45FN2O3S. The highest BCUT2D eigenvalue weighted by atomic mass is 32.2. The van der Waals surface area contributed by atoms with Gasteiger partial charge in [0.1, 0.15) is 17.2 Å². The number of hydrogen-bond donors (Lipinski definition) is 0. The van der Waals surface area contributed by atoms with Crippen LogP contribution in [0.2, 0.25) is 0 Å². The van der Waals surface area contributed by atoms with E-state index in [0.29, 0.717) is 12.5 Å². The van der Waals surface area contributed by atoms with Gasteiger partial charge in [0.05, 0.1) is 6.61 Å². The van der Waals surface area contributed by atoms with Gasteiger partial charge in [0.2, 0.25) is 0 Å². The van der Waals surface area contributed by atoms with Crippen LogP contribution in [0, 0.1) is 11.7 Å². The van der Waals surface area contributed by atoms with E-state index in [2.05, 4.69) is 18.4 Å². The Hall–Kier alpha value is -2.25. The molecule has 37 heavy (non-hydrogen) atoms. The van der Waals surface area contributed by atoms with Gasteiger partial charge in [0.15, 0.2) is 0 Å². The van der Waals surface area contributed by atoms with Crippen LogP contribution in [0.1, 0.15) is 60.3 Å². The number of thioether (sulfide) groups is 1. The number of likely N-dealkylation sites (N-methyl/N-ethyl adjacent to an activating group) is 1. The molecule has 0 aliphatic carbocycles. The smallest absolute Gasteiger partial charge is 0.410 e. The van der Waals surface area contributed by atoms with Gasteiger partial charge in [-0.15, -0.1) is 0 Å². The molecule has 1 aromatic carbocycles. The lowest BCUT2D eigenvalue weighted by Crippen LogP contribution is -2.42. The molecule has 0 aromatic heterocycles. The number of allylic oxidation sites excluding steroid dienone is 4. The molecule has 1 aliphatic heterocycles. The van der Waals surface area contributed by atoms with Gasteiger partial charge < -0.3 is 19.3 Å². The van der Waals surface area contributed by atoms with Crippen LogP contribution in [-0.4, -0.2) is 60.8 Å². The minimum atomic E-state index is -0.470. The van der Waals surface area contributed by atoms with Crippen molar-refractivity contribution in [1.82, 2.24) is 9.80 Å². The fourth-order valence-electron chi connectivity index (χ4n) is 4.20. The minimum Gasteiger partial charge on any atom is -0.494 e. The van der Waals surface area contributed by atoms with Gasteiger partial charge in [0, 0.05) is 31.1 Å². The van der Waals surface area contributed by atoms with Crippen molar-refractivity contribution < 1.29 is 18.7 Å². The first-order chi connectivity index (χ1) is 17.5. The quantitative estimate of drug-likeness (QED) is 0.148. The number of rotatable bonds is 13. The molecule has 7 heteroatoms. The summed E-state index contributed by atoms with van der Waals surface area (Å²) in [7, 11) is 1.84. The summed E-state index contributed by atoms with van der Waals surface area (Å²) in [5, 5.41) is 0. The van der Waals surface area contributed by atoms with E-state index in [-0.39, 0.29) is 18.0 Å². The first kappa shape index (κ1) is 31.0. The van der Waals surface area contributed by atoms with Crippen molar-refractivity contribution >= 4 is 17.9 Å². The lowest BCUT2D eigenvalue weighted by molar-refractivity contribution is 0.0228. The van der Waals surface area contributed by atoms with E-state index in [1.807, 2.05) is 53.0 Å². The highest BCUT2D eigenvalue weighted by molar-refractivity contribution is 8.03. The first-order valence-electron chi connectivity index (χ1n) is 13.2. The van der Waals surface area contributed by atoms with Gasteiger partial charge in [-0.2, -0.15) is 0 Å². The highest BCUT2D eigenvalue weighted by Gasteiger charge is 2.30. The normalized spacial score (nSPS) is 18.0. The third-order valence-corrected chi connectivity index (χ3v) is 7.16. The number of nitrogens with zero attached hydrogens (tertiary/aromatic N) is 2. The van der Waals surface area contributed by atoms with Crippen molar-refractivity contribution in [2.24, 2.45) is 5.92 Å². The minimum absolute atomic E-state index is 0.214. The largest absolute Gasteiger partial charge is 0.494 e. The van der Waals surface area contributed by atoms with E-state index in [9.17, 15) is 9.18 Å². The molecule has 1 amide bonds. The molecule has 0 bridgehead atoms. The maximum absolute atomic E-state index is 13.4. The summed E-state index contributed by atoms with van der Waals surface area (Å²) in [6, 6.07) is 6.80. The molecule has 1 aliphatic rings. The predicted octanol–water partition coefficient (Wildman–Crippen LogP) is 7.66. The Balaban J connectivity index is 1.68. The summed E-state index contributed by atoms with van der Waals surface area (Å²) in [6.07, 6.45) is 9.54. The van der Waals surface area contributed by atoms with Crippen molar-refractivity contribution in [3.8, 4) is 0 Å². The SMILES string of the molecule is C=C/C=C(\C=C(/C)Sc1cccc(F)c1)OCCC(C)CCCN1CCC(N(C)C(=O)OC(C)(C)C)C1. The molecule has 206 valence electrons. The van der Waals surface area contributed by atoms with Crippen LogP contribution >= 0.6 is 11.8 Å². The lowest BCUT2D eigenvalue weighted by Gasteiger charge is -2.28. The van der Waals surface area contributed by atoms with Crippen LogP contribution in [0.15, 0.2) is 64.6 Å². The van der Waals surface area contributed by atoms with Gasteiger partial charge in [-0.05, 0) is 101 Å². The van der Waals surface area contributed by atoms with Crippen LogP contribution in [0.3, 0.4) is 0 Å². The predicted molar refractivity (Wildman–Crippen MR) is 152 cm³/mol. The Morgan fingerprint density at radius 3 is 2.78 bits per heavy atom. The third kappa shape index (κ3) is 12.2. The van der Waals surface area contributed by atoms with Gasteiger partial charge >= 0.3 is 6.09 Å². The summed E-state index contributed by atoms with van der Waals surface area (Å²) >= 11 is 1.51. The van der Waals surface area contributed by atoms with E-state index in [1.54, 1.807) is 17.0 Å². The van der Waals surface area contributed by atoms with Crippen molar-refractivity contribution in [2.45, 2.75) is 76.8 Å². The van der Waals surface area contributed by atoms with E-state index in [0.717, 1.165) is 60.9 Å². The van der Waals surface area contributed by atoms with Crippen LogP contribution in [0.25, 0.3) is 0 Å². The maximum atomic E-state index is 13.4. The number of amides is 1. The van der Waals surface area contributed by atoms with Crippen molar-refractivity contribution in [3.05, 3.63) is 65.6 Å². The van der Waals surface area contributed by atoms with Crippen LogP contribution in [0.4, 0.5) is 9.18 Å². The first-order valence-corrected chi connectivity index (χ1v) is 14.0. The Morgan fingerprint density at radius 2 is 2.11 bits per heavy atom. The molecule has 0 saturated carbocycles. The third-order valence-electron chi connectivity index (χ3n) is 6.23. The second-order valence-electron chi connectivity index (χ2n) is 10.8. The molecule has 1 aromatic rings. The Labute approximate surface area is 227 Å². The van der Waals surface area contributed by atoms with E-state index >= 15 is 0 Å². The molecule has 5 nitrogen and oxygen atoms in total. The summed E-state index contributed by atoms with van der Waals surface area (Å²) in [5.74, 6) is 1.09. The van der Waals surface area contributed by atoms with Crippen LogP contribution < -0.4 is 0 Å². The summed E-state index contributed by atoms with van der Waals surface area (Å²) in [5.41, 5.74) is -0.470. The number of benzene rings is 1. The fraction of sp³-hybridized carbons (Fsp3) is 0.567. The highest BCUT2D eigenvalue weighted by Crippen LogP contribution is 2.28. The zero-order valence-electron chi connectivity index (χ0n) is 23.5. The Kier molecular flexibility index (Phi) is 12.7. The second-order valence-corrected chi connectivity index (χ2v) is 12.2. The summed E-state index contributed by atoms with van der Waals surface area (Å²) in [6.45, 7) is 17.4. The maximum Gasteiger partial charge on any atom is 0.410 e. The number of carbonyl (C=O) groups is 1. The number of carbonyl (C=O) groups excluding carboxylic acids is 1. The van der Waals surface area contributed by atoms with Gasteiger partial charge in [-0.3, -0.25) is 0 Å². The van der Waals surface area contributed by atoms with Crippen molar-refractivity contribution in [1.29, 1.82) is 0 Å². The average Bonchev–Trinajstić information content (AvgIpc) is 3.26. The van der Waals surface area contributed by atoms with E-state index in [4.69, 9.17) is 9.47 Å². The zero-order valence-corrected chi connectivity index (χ0v) is 24.3. The molecule has 1 saturated heterocycles. The Bertz CT molecular complexity index is 941. The molecule has 2 rings (SSSR count). The number of ether oxygens (including phenoxy) is 2. The number of halogens is 1. The van der Waals surface area contributed by atoms with Gasteiger partial charge in [0.25, 0.3) is 0 Å². The zero-order chi connectivity index (χ0) is 27.4. The van der Waals surface area contributed by atoms with E-state index in [1.165, 1.54) is 23.9 Å². The van der Waals surface area contributed by atoms with Crippen molar-refractivity contribution in [2.75, 3.05) is 33.3 Å². The molecule has 1 fully saturated rings. The van der Waals surface area contributed by atoms with Gasteiger partial charge in [-0.1, -0.05) is 37.4 Å². The summed E-state index contributed by atoms with van der Waals surface area (Å²) < 4.78 is 25.0. The lowest BCUT2D eigenvalue weighted by atomic mass is 10.0. The van der Waals surface area contributed by atoms with Crippen molar-refractivity contribution in [3.63, 3.8) is 0 Å². The molecule has 0 radical (unpaired) electrons. The monoisotopic (exact) mass is 532 g/mol. The average molecular weight is 533 g/mol. The number of likely N-dealkylation sites (tertiary alicyclic amines) is 1. The molecular weight excluding hydrogens is 487 g/mol. The molecule has 0 spiro atoms. The standard InChI is InChI=1S/C30H45FN2O3S/c1-8-11-27(20-24(3)37-28-14-9-13-25(31)21-28)35-19-16-23(2)12-10-17-33-18-15-26(22-33)32(7)29(34)36-30(4,5)6/h8-9,11,13-14,20-21,23,26H,1,10,12,15-19,22H2,2-7H3/b24-20+,27-11+. The van der Waals surface area contributed by atoms with Gasteiger partial charge in [-0.25, -0.2) is 9.18 Å². The number of hydrogen-bond acceptors (Lipinski definition) is 5. The van der Waals surface area contributed by atoms with Crippen LogP contribution in [0.5, 0.6) is 0 Å². The molecule has 1 heterocycles. The molecule has 2 unspecified atom stereocenters. The topological polar surface area (TPSA) is 42.0 Å². The summed E-state index contributed by atoms with van der Waals surface area (Å²) in [4.78, 5) is 18.4. The van der Waals surface area contributed by atoms with E-state index < -0.39 is 5.60 Å². The van der Waals surface area contributed by atoms with Crippen LogP contribution in [-0.2, 0) is 9.47 Å². The molecule has 0 N–H and O–H groups in total. The fourth-order valence-corrected chi connectivity index (χ4v) is 5.07.